The molecule has 0 aliphatic rings. The number of unbranched alkanes of at least 4 members (excludes halogenated alkanes) is 6. The predicted molar refractivity (Wildman–Crippen MR) is 156 cm³/mol. The van der Waals surface area contributed by atoms with E-state index >= 15 is 0 Å². The Labute approximate surface area is 224 Å². The van der Waals surface area contributed by atoms with Gasteiger partial charge in [0.25, 0.3) is 5.56 Å². The van der Waals surface area contributed by atoms with E-state index in [-0.39, 0.29) is 5.56 Å². The summed E-state index contributed by atoms with van der Waals surface area (Å²) in [6.45, 7) is 12.5. The molecule has 5 heteroatoms. The quantitative estimate of drug-likeness (QED) is 0.148. The van der Waals surface area contributed by atoms with Crippen LogP contribution >= 0.6 is 0 Å². The van der Waals surface area contributed by atoms with E-state index in [2.05, 4.69) is 46.8 Å². The van der Waals surface area contributed by atoms with E-state index in [1.807, 2.05) is 22.8 Å². The Balaban J connectivity index is 2.31. The minimum atomic E-state index is -0.122. The second-order valence-corrected chi connectivity index (χ2v) is 10.1. The van der Waals surface area contributed by atoms with E-state index in [0.717, 1.165) is 68.0 Å². The van der Waals surface area contributed by atoms with Gasteiger partial charge in [0.1, 0.15) is 12.4 Å². The number of pyridine rings is 1. The summed E-state index contributed by atoms with van der Waals surface area (Å²) in [5.41, 5.74) is 3.37. The van der Waals surface area contributed by atoms with Gasteiger partial charge in [0.15, 0.2) is 5.75 Å². The number of aryl methyl sites for hydroxylation is 1. The van der Waals surface area contributed by atoms with Crippen molar-refractivity contribution in [3.8, 4) is 17.2 Å². The van der Waals surface area contributed by atoms with Gasteiger partial charge in [0, 0.05) is 18.0 Å². The molecule has 1 aromatic carbocycles. The number of aromatic nitrogens is 1. The second-order valence-electron chi connectivity index (χ2n) is 10.1. The predicted octanol–water partition coefficient (Wildman–Crippen LogP) is 8.62. The van der Waals surface area contributed by atoms with Crippen LogP contribution in [0.1, 0.15) is 98.8 Å². The largest absolute Gasteiger partial charge is 0.492 e. The maximum atomic E-state index is 13.6. The van der Waals surface area contributed by atoms with Gasteiger partial charge >= 0.3 is 0 Å². The minimum Gasteiger partial charge on any atom is -0.492 e. The minimum absolute atomic E-state index is 0.122. The molecule has 0 saturated carbocycles. The van der Waals surface area contributed by atoms with Gasteiger partial charge in [0.05, 0.1) is 19.2 Å². The third kappa shape index (κ3) is 9.94. The summed E-state index contributed by atoms with van der Waals surface area (Å²) in [6, 6.07) is 5.91. The van der Waals surface area contributed by atoms with Gasteiger partial charge in [0.2, 0.25) is 5.75 Å². The maximum Gasteiger partial charge on any atom is 0.297 e. The second kappa shape index (κ2) is 16.9. The van der Waals surface area contributed by atoms with Crippen LogP contribution in [0.15, 0.2) is 46.3 Å². The molecule has 1 aromatic heterocycles. The summed E-state index contributed by atoms with van der Waals surface area (Å²) in [6.07, 6.45) is 15.2. The van der Waals surface area contributed by atoms with Crippen LogP contribution in [0, 0.1) is 0 Å². The molecule has 0 spiro atoms. The van der Waals surface area contributed by atoms with Crippen LogP contribution in [0.3, 0.4) is 0 Å². The Hall–Kier alpha value is -2.69. The summed E-state index contributed by atoms with van der Waals surface area (Å²) in [7, 11) is 1.61. The van der Waals surface area contributed by atoms with Gasteiger partial charge in [-0.1, -0.05) is 69.6 Å². The lowest BCUT2D eigenvalue weighted by Gasteiger charge is -2.18. The fourth-order valence-corrected chi connectivity index (χ4v) is 4.39. The molecule has 0 aliphatic heterocycles. The summed E-state index contributed by atoms with van der Waals surface area (Å²) in [5, 5.41) is 0.877. The molecule has 1 heterocycles. The van der Waals surface area contributed by atoms with Crippen molar-refractivity contribution < 1.29 is 14.2 Å². The molecule has 0 bridgehead atoms. The summed E-state index contributed by atoms with van der Waals surface area (Å²) >= 11 is 0. The zero-order chi connectivity index (χ0) is 27.0. The van der Waals surface area contributed by atoms with Crippen molar-refractivity contribution >= 4 is 10.9 Å². The first kappa shape index (κ1) is 30.5. The molecule has 0 unspecified atom stereocenters. The number of fused-ring (bicyclic) bond motifs is 1. The van der Waals surface area contributed by atoms with E-state index in [0.29, 0.717) is 31.3 Å². The number of hydrogen-bond acceptors (Lipinski definition) is 4. The number of nitrogens with zero attached hydrogens (tertiary/aromatic N) is 1. The molecule has 0 amide bonds. The van der Waals surface area contributed by atoms with Crippen molar-refractivity contribution in [1.82, 2.24) is 4.57 Å². The van der Waals surface area contributed by atoms with Crippen LogP contribution in [0.5, 0.6) is 17.2 Å². The van der Waals surface area contributed by atoms with Crippen molar-refractivity contribution in [3.05, 3.63) is 51.9 Å². The fraction of sp³-hybridized carbons (Fsp3) is 0.594. The molecule has 2 rings (SSSR count). The van der Waals surface area contributed by atoms with E-state index in [1.165, 1.54) is 24.0 Å². The van der Waals surface area contributed by atoms with E-state index in [1.54, 1.807) is 7.11 Å². The molecule has 2 aromatic rings. The van der Waals surface area contributed by atoms with Crippen LogP contribution in [0.2, 0.25) is 0 Å². The van der Waals surface area contributed by atoms with Crippen LogP contribution in [0.25, 0.3) is 10.9 Å². The number of ether oxygens (including phenoxy) is 3. The van der Waals surface area contributed by atoms with Gasteiger partial charge in [-0.3, -0.25) is 4.79 Å². The molecular weight excluding hydrogens is 462 g/mol. The Kier molecular flexibility index (Phi) is 14.0. The number of benzene rings is 1. The van der Waals surface area contributed by atoms with E-state index < -0.39 is 0 Å². The molecule has 5 nitrogen and oxygen atoms in total. The lowest BCUT2D eigenvalue weighted by molar-refractivity contribution is 0.280. The van der Waals surface area contributed by atoms with Crippen molar-refractivity contribution in [2.45, 2.75) is 105 Å². The zero-order valence-electron chi connectivity index (χ0n) is 24.2. The average Bonchev–Trinajstić information content (AvgIpc) is 2.87. The number of methoxy groups -OCH3 is 1. The fourth-order valence-electron chi connectivity index (χ4n) is 4.39. The Bertz CT molecular complexity index is 1080. The number of hydrogen-bond donors (Lipinski definition) is 0. The lowest BCUT2D eigenvalue weighted by Crippen LogP contribution is -2.24. The highest BCUT2D eigenvalue weighted by molar-refractivity contribution is 5.89. The maximum absolute atomic E-state index is 13.6. The lowest BCUT2D eigenvalue weighted by atomic mass is 10.1. The van der Waals surface area contributed by atoms with Crippen molar-refractivity contribution in [2.24, 2.45) is 0 Å². The SMILES string of the molecule is CCCCCCOc1c(OC)c2ccc(OC/C=C(\C)CCC=C(C)C)cc2n(CCCCCC)c1=O. The number of allylic oxidation sites excluding steroid dienone is 3. The smallest absolute Gasteiger partial charge is 0.297 e. The monoisotopic (exact) mass is 511 g/mol. The molecule has 0 N–H and O–H groups in total. The first-order chi connectivity index (χ1) is 17.9. The Morgan fingerprint density at radius 2 is 1.62 bits per heavy atom. The van der Waals surface area contributed by atoms with Gasteiger partial charge in [-0.25, -0.2) is 0 Å². The highest BCUT2D eigenvalue weighted by atomic mass is 16.5. The third-order valence-corrected chi connectivity index (χ3v) is 6.61. The van der Waals surface area contributed by atoms with Crippen molar-refractivity contribution in [1.29, 1.82) is 0 Å². The zero-order valence-corrected chi connectivity index (χ0v) is 24.2. The van der Waals surface area contributed by atoms with Crippen LogP contribution < -0.4 is 19.8 Å². The van der Waals surface area contributed by atoms with Crippen molar-refractivity contribution in [3.63, 3.8) is 0 Å². The van der Waals surface area contributed by atoms with Crippen LogP contribution in [-0.4, -0.2) is 24.9 Å². The number of rotatable bonds is 18. The Morgan fingerprint density at radius 3 is 2.30 bits per heavy atom. The first-order valence-electron chi connectivity index (χ1n) is 14.2. The molecule has 0 atom stereocenters. The molecule has 0 fully saturated rings. The van der Waals surface area contributed by atoms with Gasteiger partial charge in [-0.15, -0.1) is 0 Å². The summed E-state index contributed by atoms with van der Waals surface area (Å²) < 4.78 is 19.7. The van der Waals surface area contributed by atoms with Crippen molar-refractivity contribution in [2.75, 3.05) is 20.3 Å². The summed E-state index contributed by atoms with van der Waals surface area (Å²) in [4.78, 5) is 13.6. The highest BCUT2D eigenvalue weighted by Gasteiger charge is 2.19. The van der Waals surface area contributed by atoms with Crippen LogP contribution in [-0.2, 0) is 6.54 Å². The molecular formula is C32H49NO4. The standard InChI is InChI=1S/C32H49NO4/c1-7-9-11-13-21-33-29-24-27(36-23-20-26(5)17-15-16-25(3)4)18-19-28(29)30(35-6)31(32(33)34)37-22-14-12-10-8-2/h16,18-20,24H,7-15,17,21-23H2,1-6H3/b26-20+. The third-order valence-electron chi connectivity index (χ3n) is 6.61. The molecule has 0 radical (unpaired) electrons. The Morgan fingerprint density at radius 1 is 0.892 bits per heavy atom. The van der Waals surface area contributed by atoms with Gasteiger partial charge < -0.3 is 18.8 Å². The normalized spacial score (nSPS) is 11.6. The highest BCUT2D eigenvalue weighted by Crippen LogP contribution is 2.35. The topological polar surface area (TPSA) is 49.7 Å². The summed E-state index contributed by atoms with van der Waals surface area (Å²) in [5.74, 6) is 1.59. The first-order valence-corrected chi connectivity index (χ1v) is 14.2. The molecule has 206 valence electrons. The molecule has 0 aliphatic carbocycles. The van der Waals surface area contributed by atoms with Crippen LogP contribution in [0.4, 0.5) is 0 Å². The van der Waals surface area contributed by atoms with E-state index in [4.69, 9.17) is 14.2 Å². The molecule has 37 heavy (non-hydrogen) atoms. The van der Waals surface area contributed by atoms with Gasteiger partial charge in [-0.05, 0) is 64.7 Å². The average molecular weight is 512 g/mol. The van der Waals surface area contributed by atoms with E-state index in [9.17, 15) is 4.79 Å². The molecule has 0 saturated heterocycles. The van der Waals surface area contributed by atoms with Gasteiger partial charge in [-0.2, -0.15) is 0 Å².